The fourth-order valence-electron chi connectivity index (χ4n) is 1.83. The number of alkyl halides is 1. The summed E-state index contributed by atoms with van der Waals surface area (Å²) in [4.78, 5) is 11.2. The molecule has 0 aromatic rings. The molecule has 0 aliphatic heterocycles. The summed E-state index contributed by atoms with van der Waals surface area (Å²) in [6.07, 6.45) is 4.09. The summed E-state index contributed by atoms with van der Waals surface area (Å²) >= 11 is 5.77. The van der Waals surface area contributed by atoms with Crippen LogP contribution in [0.2, 0.25) is 0 Å². The Morgan fingerprint density at radius 3 is 2.90 bits per heavy atom. The largest absolute Gasteiger partial charge is 0.293 e. The molecule has 0 spiro atoms. The molecule has 1 atom stereocenters. The highest BCUT2D eigenvalue weighted by Crippen LogP contribution is 2.38. The molecule has 0 fully saturated rings. The van der Waals surface area contributed by atoms with E-state index in [4.69, 9.17) is 11.6 Å². The lowest BCUT2D eigenvalue weighted by Crippen LogP contribution is -2.09. The van der Waals surface area contributed by atoms with E-state index in [1.165, 1.54) is 12.0 Å². The van der Waals surface area contributed by atoms with Gasteiger partial charge in [0.15, 0.2) is 5.78 Å². The first-order valence-corrected chi connectivity index (χ1v) is 4.12. The van der Waals surface area contributed by atoms with Gasteiger partial charge in [0.1, 0.15) is 5.38 Å². The molecule has 10 heavy (non-hydrogen) atoms. The fraction of sp³-hybridized carbons (Fsp3) is 0.625. The molecule has 2 aliphatic rings. The van der Waals surface area contributed by atoms with Gasteiger partial charge in [-0.15, -0.1) is 11.6 Å². The molecule has 1 unspecified atom stereocenters. The molecule has 2 rings (SSSR count). The second-order valence-corrected chi connectivity index (χ2v) is 3.50. The third kappa shape index (κ3) is 0.734. The Morgan fingerprint density at radius 2 is 2.20 bits per heavy atom. The fourth-order valence-corrected chi connectivity index (χ4v) is 2.14. The number of hydrogen-bond acceptors (Lipinski definition) is 1. The van der Waals surface area contributed by atoms with Crippen LogP contribution in [0.1, 0.15) is 25.7 Å². The third-order valence-electron chi connectivity index (χ3n) is 2.34. The molecule has 0 amide bonds. The Bertz CT molecular complexity index is 217. The van der Waals surface area contributed by atoms with E-state index in [0.717, 1.165) is 24.8 Å². The van der Waals surface area contributed by atoms with Crippen molar-refractivity contribution in [2.45, 2.75) is 31.1 Å². The van der Waals surface area contributed by atoms with Crippen LogP contribution in [-0.4, -0.2) is 11.2 Å². The molecule has 54 valence electrons. The summed E-state index contributed by atoms with van der Waals surface area (Å²) in [6.45, 7) is 0. The van der Waals surface area contributed by atoms with Crippen molar-refractivity contribution < 1.29 is 4.79 Å². The standard InChI is InChI=1S/C8H9ClO/c9-7-4-5-2-1-3-6(5)8(7)10/h7H,1-4H2. The third-order valence-corrected chi connectivity index (χ3v) is 2.69. The number of halogens is 1. The summed E-state index contributed by atoms with van der Waals surface area (Å²) in [5, 5.41) is -0.217. The molecule has 0 heterocycles. The average molecular weight is 157 g/mol. The first-order chi connectivity index (χ1) is 4.79. The van der Waals surface area contributed by atoms with Crippen molar-refractivity contribution in [2.75, 3.05) is 0 Å². The van der Waals surface area contributed by atoms with Gasteiger partial charge in [-0.25, -0.2) is 0 Å². The molecule has 0 aromatic heterocycles. The van der Waals surface area contributed by atoms with E-state index >= 15 is 0 Å². The number of carbonyl (C=O) groups is 1. The second kappa shape index (κ2) is 2.09. The zero-order chi connectivity index (χ0) is 7.14. The zero-order valence-electron chi connectivity index (χ0n) is 5.69. The maximum atomic E-state index is 11.2. The molecular formula is C8H9ClO. The minimum absolute atomic E-state index is 0.203. The van der Waals surface area contributed by atoms with Crippen LogP contribution in [0.4, 0.5) is 0 Å². The Morgan fingerprint density at radius 1 is 1.40 bits per heavy atom. The Labute approximate surface area is 65.1 Å². The smallest absolute Gasteiger partial charge is 0.176 e. The molecule has 1 nitrogen and oxygen atoms in total. The molecule has 0 aromatic carbocycles. The summed E-state index contributed by atoms with van der Waals surface area (Å²) in [5.74, 6) is 0.203. The van der Waals surface area contributed by atoms with E-state index in [9.17, 15) is 4.79 Å². The second-order valence-electron chi connectivity index (χ2n) is 2.97. The predicted molar refractivity (Wildman–Crippen MR) is 40.1 cm³/mol. The van der Waals surface area contributed by atoms with E-state index in [0.29, 0.717) is 0 Å². The van der Waals surface area contributed by atoms with Gasteiger partial charge in [0, 0.05) is 0 Å². The number of allylic oxidation sites excluding steroid dienone is 2. The van der Waals surface area contributed by atoms with E-state index in [1.807, 2.05) is 0 Å². The maximum absolute atomic E-state index is 11.2. The van der Waals surface area contributed by atoms with E-state index in [-0.39, 0.29) is 11.2 Å². The van der Waals surface area contributed by atoms with Crippen molar-refractivity contribution in [3.8, 4) is 0 Å². The van der Waals surface area contributed by atoms with Crippen molar-refractivity contribution in [2.24, 2.45) is 0 Å². The lowest BCUT2D eigenvalue weighted by Gasteiger charge is -1.98. The molecule has 0 saturated heterocycles. The SMILES string of the molecule is O=C1C2=C(CCC2)CC1Cl. The van der Waals surface area contributed by atoms with Gasteiger partial charge < -0.3 is 0 Å². The highest BCUT2D eigenvalue weighted by Gasteiger charge is 2.33. The molecular weight excluding hydrogens is 148 g/mol. The van der Waals surface area contributed by atoms with Crippen LogP contribution in [0.3, 0.4) is 0 Å². The summed E-state index contributed by atoms with van der Waals surface area (Å²) in [5.41, 5.74) is 2.39. The molecule has 2 aliphatic carbocycles. The van der Waals surface area contributed by atoms with Gasteiger partial charge >= 0.3 is 0 Å². The number of Topliss-reactive ketones (excluding diaryl/α,β-unsaturated/α-hetero) is 1. The van der Waals surface area contributed by atoms with Crippen molar-refractivity contribution >= 4 is 17.4 Å². The number of rotatable bonds is 0. The van der Waals surface area contributed by atoms with E-state index in [2.05, 4.69) is 0 Å². The molecule has 0 saturated carbocycles. The van der Waals surface area contributed by atoms with Crippen molar-refractivity contribution in [1.29, 1.82) is 0 Å². The topological polar surface area (TPSA) is 17.1 Å². The van der Waals surface area contributed by atoms with E-state index < -0.39 is 0 Å². The highest BCUT2D eigenvalue weighted by molar-refractivity contribution is 6.35. The number of carbonyl (C=O) groups excluding carboxylic acids is 1. The van der Waals surface area contributed by atoms with Gasteiger partial charge in [0.05, 0.1) is 0 Å². The average Bonchev–Trinajstić information content (AvgIpc) is 2.41. The number of ketones is 1. The van der Waals surface area contributed by atoms with Gasteiger partial charge in [-0.05, 0) is 31.3 Å². The lowest BCUT2D eigenvalue weighted by molar-refractivity contribution is -0.114. The quantitative estimate of drug-likeness (QED) is 0.491. The van der Waals surface area contributed by atoms with Gasteiger partial charge in [-0.1, -0.05) is 5.57 Å². The number of hydrogen-bond donors (Lipinski definition) is 0. The van der Waals surface area contributed by atoms with Crippen LogP contribution in [0.15, 0.2) is 11.1 Å². The molecule has 2 heteroatoms. The Kier molecular flexibility index (Phi) is 1.34. The van der Waals surface area contributed by atoms with Gasteiger partial charge in [0.2, 0.25) is 0 Å². The summed E-state index contributed by atoms with van der Waals surface area (Å²) in [7, 11) is 0. The lowest BCUT2D eigenvalue weighted by atomic mass is 10.1. The van der Waals surface area contributed by atoms with Crippen LogP contribution in [0.25, 0.3) is 0 Å². The van der Waals surface area contributed by atoms with Crippen LogP contribution in [0, 0.1) is 0 Å². The minimum Gasteiger partial charge on any atom is -0.293 e. The zero-order valence-corrected chi connectivity index (χ0v) is 6.45. The van der Waals surface area contributed by atoms with Crippen molar-refractivity contribution in [3.63, 3.8) is 0 Å². The summed E-state index contributed by atoms with van der Waals surface area (Å²) in [6, 6.07) is 0. The monoisotopic (exact) mass is 156 g/mol. The van der Waals surface area contributed by atoms with Crippen LogP contribution in [-0.2, 0) is 4.79 Å². The Balaban J connectivity index is 2.30. The first kappa shape index (κ1) is 6.41. The van der Waals surface area contributed by atoms with Crippen molar-refractivity contribution in [3.05, 3.63) is 11.1 Å². The van der Waals surface area contributed by atoms with Crippen LogP contribution >= 0.6 is 11.6 Å². The Hall–Kier alpha value is -0.300. The van der Waals surface area contributed by atoms with Gasteiger partial charge in [-0.2, -0.15) is 0 Å². The predicted octanol–water partition coefficient (Wildman–Crippen LogP) is 2.05. The van der Waals surface area contributed by atoms with Crippen LogP contribution < -0.4 is 0 Å². The van der Waals surface area contributed by atoms with Crippen LogP contribution in [0.5, 0.6) is 0 Å². The van der Waals surface area contributed by atoms with Crippen molar-refractivity contribution in [1.82, 2.24) is 0 Å². The van der Waals surface area contributed by atoms with Gasteiger partial charge in [-0.3, -0.25) is 4.79 Å². The molecule has 0 N–H and O–H groups in total. The minimum atomic E-state index is -0.217. The maximum Gasteiger partial charge on any atom is 0.176 e. The van der Waals surface area contributed by atoms with Gasteiger partial charge in [0.25, 0.3) is 0 Å². The summed E-state index contributed by atoms with van der Waals surface area (Å²) < 4.78 is 0. The highest BCUT2D eigenvalue weighted by atomic mass is 35.5. The first-order valence-electron chi connectivity index (χ1n) is 3.68. The molecule has 0 bridgehead atoms. The van der Waals surface area contributed by atoms with E-state index in [1.54, 1.807) is 0 Å². The normalized spacial score (nSPS) is 31.7. The molecule has 0 radical (unpaired) electrons.